The highest BCUT2D eigenvalue weighted by Gasteiger charge is 2.27. The molecule has 140 valence electrons. The third kappa shape index (κ3) is 4.41. The van der Waals surface area contributed by atoms with Gasteiger partial charge in [-0.05, 0) is 30.2 Å². The van der Waals surface area contributed by atoms with E-state index in [1.165, 1.54) is 35.1 Å². The molecule has 0 saturated carbocycles. The Morgan fingerprint density at radius 1 is 1.23 bits per heavy atom. The molecule has 0 bridgehead atoms. The van der Waals surface area contributed by atoms with Crippen molar-refractivity contribution < 1.29 is 27.9 Å². The number of alkyl halides is 2. The molecule has 0 aliphatic carbocycles. The fraction of sp³-hybridized carbons (Fsp3) is 0.353. The van der Waals surface area contributed by atoms with Crippen LogP contribution in [0.3, 0.4) is 0 Å². The van der Waals surface area contributed by atoms with Gasteiger partial charge in [0.05, 0.1) is 23.1 Å². The quantitative estimate of drug-likeness (QED) is 0.786. The van der Waals surface area contributed by atoms with Crippen molar-refractivity contribution in [2.24, 2.45) is 0 Å². The molecule has 0 fully saturated rings. The summed E-state index contributed by atoms with van der Waals surface area (Å²) in [6.07, 6.45) is -2.64. The number of aliphatic carboxylic acids is 1. The second kappa shape index (κ2) is 8.03. The number of nitrogens with one attached hydrogen (secondary N) is 1. The summed E-state index contributed by atoms with van der Waals surface area (Å²) in [5.74, 6) is -2.98. The van der Waals surface area contributed by atoms with Crippen molar-refractivity contribution in [3.63, 3.8) is 0 Å². The molecule has 26 heavy (non-hydrogen) atoms. The average Bonchev–Trinajstić information content (AvgIpc) is 2.99. The lowest BCUT2D eigenvalue weighted by Gasteiger charge is -2.16. The van der Waals surface area contributed by atoms with Crippen molar-refractivity contribution in [3.05, 3.63) is 47.5 Å². The van der Waals surface area contributed by atoms with Crippen molar-refractivity contribution in [1.82, 2.24) is 15.1 Å². The molecule has 9 heteroatoms. The number of carbonyl (C=O) groups is 2. The van der Waals surface area contributed by atoms with Crippen LogP contribution in [-0.2, 0) is 4.79 Å². The summed E-state index contributed by atoms with van der Waals surface area (Å²) in [4.78, 5) is 23.5. The van der Waals surface area contributed by atoms with Gasteiger partial charge in [-0.3, -0.25) is 4.79 Å². The van der Waals surface area contributed by atoms with E-state index in [2.05, 4.69) is 10.4 Å². The molecule has 0 aliphatic rings. The van der Waals surface area contributed by atoms with Gasteiger partial charge in [0.25, 0.3) is 5.91 Å². The number of carbonyl (C=O) groups excluding carboxylic acids is 1. The SMILES string of the molecule is CC(C)c1c(C(=O)NC(CC(F)F)C(=O)O)cnn1-c1ccc(F)cc1. The second-order valence-electron chi connectivity index (χ2n) is 5.98. The third-order valence-electron chi connectivity index (χ3n) is 3.69. The minimum Gasteiger partial charge on any atom is -0.480 e. The minimum atomic E-state index is -2.87. The van der Waals surface area contributed by atoms with E-state index in [0.717, 1.165) is 0 Å². The maximum Gasteiger partial charge on any atom is 0.326 e. The summed E-state index contributed by atoms with van der Waals surface area (Å²) in [5, 5.41) is 15.2. The molecule has 1 atom stereocenters. The van der Waals surface area contributed by atoms with Crippen molar-refractivity contribution in [2.45, 2.75) is 38.7 Å². The number of carboxylic acid groups (broad SMARTS) is 1. The minimum absolute atomic E-state index is 0.0739. The highest BCUT2D eigenvalue weighted by Crippen LogP contribution is 2.23. The normalized spacial score (nSPS) is 12.4. The van der Waals surface area contributed by atoms with Gasteiger partial charge in [-0.15, -0.1) is 0 Å². The lowest BCUT2D eigenvalue weighted by molar-refractivity contribution is -0.140. The maximum absolute atomic E-state index is 13.1. The molecule has 1 aromatic heterocycles. The van der Waals surface area contributed by atoms with E-state index in [0.29, 0.717) is 11.4 Å². The highest BCUT2D eigenvalue weighted by molar-refractivity contribution is 5.97. The number of rotatable bonds is 7. The van der Waals surface area contributed by atoms with Crippen LogP contribution in [0.15, 0.2) is 30.5 Å². The molecule has 6 nitrogen and oxygen atoms in total. The first kappa shape index (κ1) is 19.5. The van der Waals surface area contributed by atoms with Gasteiger partial charge in [0.15, 0.2) is 0 Å². The van der Waals surface area contributed by atoms with Crippen molar-refractivity contribution >= 4 is 11.9 Å². The van der Waals surface area contributed by atoms with E-state index in [4.69, 9.17) is 5.11 Å². The smallest absolute Gasteiger partial charge is 0.326 e. The monoisotopic (exact) mass is 369 g/mol. The summed E-state index contributed by atoms with van der Waals surface area (Å²) in [7, 11) is 0. The van der Waals surface area contributed by atoms with E-state index in [1.807, 2.05) is 0 Å². The molecule has 1 heterocycles. The first-order valence-corrected chi connectivity index (χ1v) is 7.86. The fourth-order valence-corrected chi connectivity index (χ4v) is 2.51. The summed E-state index contributed by atoms with van der Waals surface area (Å²) in [6.45, 7) is 3.59. The molecular formula is C17H18F3N3O3. The zero-order valence-electron chi connectivity index (χ0n) is 14.1. The van der Waals surface area contributed by atoms with Crippen LogP contribution in [-0.4, -0.2) is 39.2 Å². The average molecular weight is 369 g/mol. The van der Waals surface area contributed by atoms with Crippen LogP contribution in [0.25, 0.3) is 5.69 Å². The Balaban J connectivity index is 2.35. The van der Waals surface area contributed by atoms with Gasteiger partial charge < -0.3 is 10.4 Å². The first-order valence-electron chi connectivity index (χ1n) is 7.86. The van der Waals surface area contributed by atoms with Gasteiger partial charge in [0.1, 0.15) is 11.9 Å². The molecular weight excluding hydrogens is 351 g/mol. The van der Waals surface area contributed by atoms with Gasteiger partial charge in [-0.1, -0.05) is 13.8 Å². The molecule has 0 radical (unpaired) electrons. The van der Waals surface area contributed by atoms with Crippen LogP contribution >= 0.6 is 0 Å². The van der Waals surface area contributed by atoms with Gasteiger partial charge in [0.2, 0.25) is 6.43 Å². The number of nitrogens with zero attached hydrogens (tertiary/aromatic N) is 2. The van der Waals surface area contributed by atoms with E-state index in [-0.39, 0.29) is 11.5 Å². The van der Waals surface area contributed by atoms with Crippen LogP contribution in [0.4, 0.5) is 13.2 Å². The molecule has 2 rings (SSSR count). The number of hydrogen-bond acceptors (Lipinski definition) is 3. The molecule has 0 spiro atoms. The number of aromatic nitrogens is 2. The summed E-state index contributed by atoms with van der Waals surface area (Å²) in [5.41, 5.74) is 1.04. The topological polar surface area (TPSA) is 84.2 Å². The van der Waals surface area contributed by atoms with E-state index in [1.54, 1.807) is 13.8 Å². The number of amides is 1. The van der Waals surface area contributed by atoms with E-state index in [9.17, 15) is 22.8 Å². The molecule has 2 N–H and O–H groups in total. The van der Waals surface area contributed by atoms with Crippen LogP contribution in [0.2, 0.25) is 0 Å². The molecule has 1 amide bonds. The van der Waals surface area contributed by atoms with E-state index < -0.39 is 36.6 Å². The largest absolute Gasteiger partial charge is 0.480 e. The Morgan fingerprint density at radius 3 is 2.35 bits per heavy atom. The van der Waals surface area contributed by atoms with Crippen LogP contribution < -0.4 is 5.32 Å². The van der Waals surface area contributed by atoms with Gasteiger partial charge in [0, 0.05) is 6.42 Å². The Hall–Kier alpha value is -2.84. The zero-order valence-corrected chi connectivity index (χ0v) is 14.1. The Kier molecular flexibility index (Phi) is 6.01. The predicted molar refractivity (Wildman–Crippen MR) is 87.1 cm³/mol. The number of hydrogen-bond donors (Lipinski definition) is 2. The lowest BCUT2D eigenvalue weighted by Crippen LogP contribution is -2.42. The standard InChI is InChI=1S/C17H18F3N3O3/c1-9(2)15-12(16(24)22-13(17(25)26)7-14(19)20)8-21-23(15)11-5-3-10(18)4-6-11/h3-6,8-9,13-14H,7H2,1-2H3,(H,22,24)(H,25,26). The number of halogens is 3. The predicted octanol–water partition coefficient (Wildman–Crippen LogP) is 2.97. The molecule has 0 saturated heterocycles. The third-order valence-corrected chi connectivity index (χ3v) is 3.69. The van der Waals surface area contributed by atoms with Gasteiger partial charge in [-0.25, -0.2) is 22.6 Å². The zero-order chi connectivity index (χ0) is 19.4. The first-order chi connectivity index (χ1) is 12.2. The van der Waals surface area contributed by atoms with Crippen molar-refractivity contribution in [1.29, 1.82) is 0 Å². The highest BCUT2D eigenvalue weighted by atomic mass is 19.3. The van der Waals surface area contributed by atoms with Gasteiger partial charge in [-0.2, -0.15) is 5.10 Å². The molecule has 1 unspecified atom stereocenters. The molecule has 1 aromatic carbocycles. The number of benzene rings is 1. The fourth-order valence-electron chi connectivity index (χ4n) is 2.51. The number of carboxylic acids is 1. The summed E-state index contributed by atoms with van der Waals surface area (Å²) >= 11 is 0. The van der Waals surface area contributed by atoms with Crippen LogP contribution in [0.1, 0.15) is 42.2 Å². The Bertz CT molecular complexity index is 788. The second-order valence-corrected chi connectivity index (χ2v) is 5.98. The summed E-state index contributed by atoms with van der Waals surface area (Å²) < 4.78 is 39.5. The van der Waals surface area contributed by atoms with E-state index >= 15 is 0 Å². The lowest BCUT2D eigenvalue weighted by atomic mass is 10.0. The molecule has 0 aliphatic heterocycles. The Morgan fingerprint density at radius 2 is 1.85 bits per heavy atom. The van der Waals surface area contributed by atoms with Crippen molar-refractivity contribution in [2.75, 3.05) is 0 Å². The maximum atomic E-state index is 13.1. The summed E-state index contributed by atoms with van der Waals surface area (Å²) in [6, 6.07) is 3.73. The molecule has 2 aromatic rings. The van der Waals surface area contributed by atoms with Crippen molar-refractivity contribution in [3.8, 4) is 5.69 Å². The Labute approximate surface area is 147 Å². The van der Waals surface area contributed by atoms with Gasteiger partial charge >= 0.3 is 5.97 Å². The van der Waals surface area contributed by atoms with Crippen LogP contribution in [0.5, 0.6) is 0 Å². The van der Waals surface area contributed by atoms with Crippen LogP contribution in [0, 0.1) is 5.82 Å².